The molecule has 2 rings (SSSR count). The van der Waals surface area contributed by atoms with Crippen molar-refractivity contribution in [1.82, 2.24) is 4.90 Å². The Kier molecular flexibility index (Phi) is 3.86. The summed E-state index contributed by atoms with van der Waals surface area (Å²) < 4.78 is 0. The SMILES string of the molecule is CN(C=N)C(=Nc1ccccc1)c1ccccc1. The molecule has 18 heavy (non-hydrogen) atoms. The molecule has 2 aromatic rings. The van der Waals surface area contributed by atoms with Crippen LogP contribution in [0.2, 0.25) is 0 Å². The van der Waals surface area contributed by atoms with Crippen LogP contribution in [0.3, 0.4) is 0 Å². The Morgan fingerprint density at radius 3 is 2.11 bits per heavy atom. The molecule has 3 nitrogen and oxygen atoms in total. The summed E-state index contributed by atoms with van der Waals surface area (Å²) in [6, 6.07) is 19.6. The summed E-state index contributed by atoms with van der Waals surface area (Å²) in [6.07, 6.45) is 1.26. The zero-order valence-corrected chi connectivity index (χ0v) is 10.2. The van der Waals surface area contributed by atoms with Crippen molar-refractivity contribution < 1.29 is 0 Å². The fourth-order valence-corrected chi connectivity index (χ4v) is 1.62. The molecule has 90 valence electrons. The molecule has 0 unspecified atom stereocenters. The molecule has 0 radical (unpaired) electrons. The van der Waals surface area contributed by atoms with E-state index in [2.05, 4.69) is 4.99 Å². The molecular weight excluding hydrogens is 222 g/mol. The minimum absolute atomic E-state index is 0.761. The summed E-state index contributed by atoms with van der Waals surface area (Å²) in [5.41, 5.74) is 1.87. The van der Waals surface area contributed by atoms with Crippen LogP contribution in [0.25, 0.3) is 0 Å². The van der Waals surface area contributed by atoms with Crippen LogP contribution in [0.5, 0.6) is 0 Å². The third-order valence-corrected chi connectivity index (χ3v) is 2.55. The van der Waals surface area contributed by atoms with Crippen molar-refractivity contribution in [2.75, 3.05) is 7.05 Å². The van der Waals surface area contributed by atoms with Crippen molar-refractivity contribution in [1.29, 1.82) is 5.41 Å². The minimum atomic E-state index is 0.761. The molecule has 0 saturated carbocycles. The smallest absolute Gasteiger partial charge is 0.141 e. The van der Waals surface area contributed by atoms with Gasteiger partial charge in [-0.15, -0.1) is 0 Å². The highest BCUT2D eigenvalue weighted by atomic mass is 15.2. The summed E-state index contributed by atoms with van der Waals surface area (Å²) in [5, 5.41) is 7.37. The first-order valence-corrected chi connectivity index (χ1v) is 5.74. The number of para-hydroxylation sites is 1. The number of amidine groups is 1. The van der Waals surface area contributed by atoms with Crippen molar-refractivity contribution in [3.05, 3.63) is 66.2 Å². The minimum Gasteiger partial charge on any atom is -0.320 e. The second-order valence-corrected chi connectivity index (χ2v) is 3.88. The van der Waals surface area contributed by atoms with Crippen molar-refractivity contribution in [2.45, 2.75) is 0 Å². The van der Waals surface area contributed by atoms with Gasteiger partial charge in [0.1, 0.15) is 5.84 Å². The van der Waals surface area contributed by atoms with Crippen LogP contribution in [0.15, 0.2) is 65.7 Å². The Morgan fingerprint density at radius 1 is 1.00 bits per heavy atom. The highest BCUT2D eigenvalue weighted by Gasteiger charge is 2.07. The number of nitrogens with zero attached hydrogens (tertiary/aromatic N) is 2. The van der Waals surface area contributed by atoms with E-state index >= 15 is 0 Å². The summed E-state index contributed by atoms with van der Waals surface area (Å²) in [6.45, 7) is 0. The van der Waals surface area contributed by atoms with E-state index in [-0.39, 0.29) is 0 Å². The second kappa shape index (κ2) is 5.77. The van der Waals surface area contributed by atoms with Gasteiger partial charge in [-0.25, -0.2) is 4.99 Å². The molecule has 0 aliphatic rings. The molecule has 0 fully saturated rings. The topological polar surface area (TPSA) is 39.5 Å². The van der Waals surface area contributed by atoms with E-state index in [1.165, 1.54) is 6.34 Å². The highest BCUT2D eigenvalue weighted by molar-refractivity contribution is 6.05. The van der Waals surface area contributed by atoms with E-state index < -0.39 is 0 Å². The highest BCUT2D eigenvalue weighted by Crippen LogP contribution is 2.14. The van der Waals surface area contributed by atoms with Gasteiger partial charge in [-0.2, -0.15) is 0 Å². The third kappa shape index (κ3) is 2.83. The largest absolute Gasteiger partial charge is 0.320 e. The molecule has 0 saturated heterocycles. The zero-order valence-electron chi connectivity index (χ0n) is 10.2. The van der Waals surface area contributed by atoms with Crippen molar-refractivity contribution >= 4 is 17.9 Å². The molecule has 2 aromatic carbocycles. The molecule has 1 N–H and O–H groups in total. The van der Waals surface area contributed by atoms with Crippen molar-refractivity contribution in [3.8, 4) is 0 Å². The summed E-state index contributed by atoms with van der Waals surface area (Å²) in [4.78, 5) is 6.29. The molecule has 0 aliphatic heterocycles. The third-order valence-electron chi connectivity index (χ3n) is 2.55. The number of aliphatic imine (C=N–C) groups is 1. The van der Waals surface area contributed by atoms with Crippen molar-refractivity contribution in [2.24, 2.45) is 4.99 Å². The Hall–Kier alpha value is -2.42. The molecule has 0 bridgehead atoms. The van der Waals surface area contributed by atoms with Gasteiger partial charge in [-0.05, 0) is 12.1 Å². The van der Waals surface area contributed by atoms with Crippen LogP contribution in [-0.2, 0) is 0 Å². The van der Waals surface area contributed by atoms with E-state index in [4.69, 9.17) is 5.41 Å². The lowest BCUT2D eigenvalue weighted by Gasteiger charge is -2.15. The maximum Gasteiger partial charge on any atom is 0.141 e. The quantitative estimate of drug-likeness (QED) is 0.645. The first kappa shape index (κ1) is 12.0. The van der Waals surface area contributed by atoms with Gasteiger partial charge in [0, 0.05) is 12.6 Å². The lowest BCUT2D eigenvalue weighted by Crippen LogP contribution is -2.25. The first-order chi connectivity index (χ1) is 8.81. The number of rotatable bonds is 3. The van der Waals surface area contributed by atoms with Gasteiger partial charge in [0.05, 0.1) is 12.0 Å². The Balaban J connectivity index is 2.44. The standard InChI is InChI=1S/C15H15N3/c1-18(12-16)15(13-8-4-2-5-9-13)17-14-10-6-3-7-11-14/h2-12,16H,1H3. The summed E-state index contributed by atoms with van der Waals surface area (Å²) in [5.74, 6) is 0.761. The van der Waals surface area contributed by atoms with Crippen LogP contribution in [0, 0.1) is 5.41 Å². The van der Waals surface area contributed by atoms with Gasteiger partial charge >= 0.3 is 0 Å². The molecule has 0 spiro atoms. The van der Waals surface area contributed by atoms with E-state index in [1.54, 1.807) is 4.90 Å². The van der Waals surface area contributed by atoms with Gasteiger partial charge in [-0.3, -0.25) is 5.41 Å². The van der Waals surface area contributed by atoms with Crippen LogP contribution in [0.1, 0.15) is 5.56 Å². The monoisotopic (exact) mass is 237 g/mol. The molecule has 3 heteroatoms. The van der Waals surface area contributed by atoms with Gasteiger partial charge < -0.3 is 4.90 Å². The average molecular weight is 237 g/mol. The summed E-state index contributed by atoms with van der Waals surface area (Å²) in [7, 11) is 1.82. The molecule has 0 amide bonds. The number of hydrogen-bond donors (Lipinski definition) is 1. The fraction of sp³-hybridized carbons (Fsp3) is 0.0667. The van der Waals surface area contributed by atoms with E-state index in [0.29, 0.717) is 0 Å². The molecule has 0 aliphatic carbocycles. The molecule has 0 atom stereocenters. The Bertz CT molecular complexity index is 532. The lowest BCUT2D eigenvalue weighted by atomic mass is 10.2. The first-order valence-electron chi connectivity index (χ1n) is 5.74. The zero-order chi connectivity index (χ0) is 12.8. The van der Waals surface area contributed by atoms with Gasteiger partial charge in [0.25, 0.3) is 0 Å². The van der Waals surface area contributed by atoms with Crippen LogP contribution >= 0.6 is 0 Å². The number of benzene rings is 2. The van der Waals surface area contributed by atoms with Gasteiger partial charge in [-0.1, -0.05) is 48.5 Å². The van der Waals surface area contributed by atoms with Crippen LogP contribution in [-0.4, -0.2) is 24.1 Å². The Labute approximate surface area is 107 Å². The van der Waals surface area contributed by atoms with Gasteiger partial charge in [0.2, 0.25) is 0 Å². The number of nitrogens with one attached hydrogen (secondary N) is 1. The maximum absolute atomic E-state index is 7.37. The molecular formula is C15H15N3. The van der Waals surface area contributed by atoms with Crippen LogP contribution in [0.4, 0.5) is 5.69 Å². The van der Waals surface area contributed by atoms with Crippen molar-refractivity contribution in [3.63, 3.8) is 0 Å². The van der Waals surface area contributed by atoms with E-state index in [9.17, 15) is 0 Å². The fourth-order valence-electron chi connectivity index (χ4n) is 1.62. The van der Waals surface area contributed by atoms with Crippen LogP contribution < -0.4 is 0 Å². The maximum atomic E-state index is 7.37. The van der Waals surface area contributed by atoms with Gasteiger partial charge in [0.15, 0.2) is 0 Å². The van der Waals surface area contributed by atoms with E-state index in [1.807, 2.05) is 67.7 Å². The average Bonchev–Trinajstić information content (AvgIpc) is 2.46. The Morgan fingerprint density at radius 2 is 1.56 bits per heavy atom. The van der Waals surface area contributed by atoms with E-state index in [0.717, 1.165) is 17.1 Å². The predicted octanol–water partition coefficient (Wildman–Crippen LogP) is 3.30. The predicted molar refractivity (Wildman–Crippen MR) is 75.6 cm³/mol. The summed E-state index contributed by atoms with van der Waals surface area (Å²) >= 11 is 0. The normalized spacial score (nSPS) is 11.1. The number of hydrogen-bond acceptors (Lipinski definition) is 2. The molecule has 0 aromatic heterocycles. The second-order valence-electron chi connectivity index (χ2n) is 3.88. The lowest BCUT2D eigenvalue weighted by molar-refractivity contribution is 0.771. The molecule has 0 heterocycles.